The van der Waals surface area contributed by atoms with Crippen LogP contribution in [-0.4, -0.2) is 20.9 Å². The molecule has 0 bridgehead atoms. The molecule has 2 aromatic rings. The van der Waals surface area contributed by atoms with Crippen molar-refractivity contribution >= 4 is 21.7 Å². The normalized spacial score (nSPS) is 13.8. The smallest absolute Gasteiger partial charge is 0.339 e. The van der Waals surface area contributed by atoms with Gasteiger partial charge < -0.3 is 9.08 Å². The van der Waals surface area contributed by atoms with Crippen LogP contribution < -0.4 is 9.08 Å². The average molecular weight is 373 g/mol. The van der Waals surface area contributed by atoms with E-state index in [-0.39, 0.29) is 16.7 Å². The molecule has 3 rings (SSSR count). The average Bonchev–Trinajstić information content (AvgIpc) is 2.97. The van der Waals surface area contributed by atoms with E-state index in [9.17, 15) is 13.2 Å². The summed E-state index contributed by atoms with van der Waals surface area (Å²) in [5, 5.41) is 0. The SMILES string of the molecule is CC(=O)N1CCc2ccc(S(=O)(=O)Oc3cc(C)cc(C(C)C)c3)cc21. The van der Waals surface area contributed by atoms with Crippen molar-refractivity contribution in [3.05, 3.63) is 53.1 Å². The highest BCUT2D eigenvalue weighted by molar-refractivity contribution is 7.87. The van der Waals surface area contributed by atoms with E-state index in [4.69, 9.17) is 4.18 Å². The fourth-order valence-electron chi connectivity index (χ4n) is 3.17. The molecule has 0 atom stereocenters. The lowest BCUT2D eigenvalue weighted by molar-refractivity contribution is -0.116. The van der Waals surface area contributed by atoms with Gasteiger partial charge in [-0.05, 0) is 60.2 Å². The van der Waals surface area contributed by atoms with E-state index in [0.717, 1.165) is 23.1 Å². The Kier molecular flexibility index (Phi) is 4.80. The first kappa shape index (κ1) is 18.5. The second-order valence-corrected chi connectivity index (χ2v) is 8.53. The summed E-state index contributed by atoms with van der Waals surface area (Å²) >= 11 is 0. The molecule has 0 saturated carbocycles. The van der Waals surface area contributed by atoms with E-state index in [1.165, 1.54) is 19.1 Å². The maximum Gasteiger partial charge on any atom is 0.339 e. The van der Waals surface area contributed by atoms with Crippen molar-refractivity contribution in [1.29, 1.82) is 0 Å². The molecule has 0 spiro atoms. The van der Waals surface area contributed by atoms with Crippen LogP contribution in [0.25, 0.3) is 0 Å². The van der Waals surface area contributed by atoms with Gasteiger partial charge in [-0.15, -0.1) is 0 Å². The fraction of sp³-hybridized carbons (Fsp3) is 0.350. The number of hydrogen-bond donors (Lipinski definition) is 0. The van der Waals surface area contributed by atoms with Crippen LogP contribution in [0.3, 0.4) is 0 Å². The van der Waals surface area contributed by atoms with Crippen molar-refractivity contribution < 1.29 is 17.4 Å². The topological polar surface area (TPSA) is 63.7 Å². The Bertz CT molecular complexity index is 964. The van der Waals surface area contributed by atoms with Crippen molar-refractivity contribution in [2.45, 2.75) is 44.9 Å². The molecule has 0 aromatic heterocycles. The van der Waals surface area contributed by atoms with E-state index >= 15 is 0 Å². The number of hydrogen-bond acceptors (Lipinski definition) is 4. The van der Waals surface area contributed by atoms with Crippen molar-refractivity contribution in [3.63, 3.8) is 0 Å². The number of aryl methyl sites for hydroxylation is 1. The number of rotatable bonds is 4. The lowest BCUT2D eigenvalue weighted by Gasteiger charge is -2.16. The second-order valence-electron chi connectivity index (χ2n) is 6.98. The minimum absolute atomic E-state index is 0.0528. The van der Waals surface area contributed by atoms with Gasteiger partial charge in [0.2, 0.25) is 5.91 Å². The minimum Gasteiger partial charge on any atom is -0.379 e. The van der Waals surface area contributed by atoms with Gasteiger partial charge in [-0.3, -0.25) is 4.79 Å². The van der Waals surface area contributed by atoms with Gasteiger partial charge >= 0.3 is 10.1 Å². The number of carbonyl (C=O) groups is 1. The standard InChI is InChI=1S/C20H23NO4S/c1-13(2)17-9-14(3)10-18(11-17)25-26(23,24)19-6-5-16-7-8-21(15(4)22)20(16)12-19/h5-6,9-13H,7-8H2,1-4H3. The third kappa shape index (κ3) is 3.60. The molecule has 1 heterocycles. The predicted molar refractivity (Wildman–Crippen MR) is 101 cm³/mol. The molecule has 1 aliphatic rings. The summed E-state index contributed by atoms with van der Waals surface area (Å²) in [6, 6.07) is 10.3. The summed E-state index contributed by atoms with van der Waals surface area (Å²) in [6.45, 7) is 8.05. The third-order valence-corrected chi connectivity index (χ3v) is 5.81. The molecular formula is C20H23NO4S. The Hall–Kier alpha value is -2.34. The first-order valence-corrected chi connectivity index (χ1v) is 10.1. The Labute approximate surface area is 154 Å². The summed E-state index contributed by atoms with van der Waals surface area (Å²) in [7, 11) is -3.98. The molecule has 26 heavy (non-hydrogen) atoms. The summed E-state index contributed by atoms with van der Waals surface area (Å²) in [5.74, 6) is 0.473. The zero-order valence-corrected chi connectivity index (χ0v) is 16.3. The monoisotopic (exact) mass is 373 g/mol. The Balaban J connectivity index is 1.95. The summed E-state index contributed by atoms with van der Waals surface area (Å²) in [5.41, 5.74) is 3.58. The van der Waals surface area contributed by atoms with Gasteiger partial charge in [0.25, 0.3) is 0 Å². The van der Waals surface area contributed by atoms with Gasteiger partial charge in [0, 0.05) is 19.2 Å². The van der Waals surface area contributed by atoms with Crippen molar-refractivity contribution in [2.24, 2.45) is 0 Å². The summed E-state index contributed by atoms with van der Waals surface area (Å²) in [4.78, 5) is 13.4. The van der Waals surface area contributed by atoms with E-state index < -0.39 is 10.1 Å². The number of nitrogens with zero attached hydrogens (tertiary/aromatic N) is 1. The maximum absolute atomic E-state index is 12.7. The molecule has 5 nitrogen and oxygen atoms in total. The quantitative estimate of drug-likeness (QED) is 0.765. The number of benzene rings is 2. The molecule has 1 aliphatic heterocycles. The van der Waals surface area contributed by atoms with Gasteiger partial charge in [-0.25, -0.2) is 0 Å². The highest BCUT2D eigenvalue weighted by Gasteiger charge is 2.26. The van der Waals surface area contributed by atoms with Gasteiger partial charge in [-0.1, -0.05) is 26.0 Å². The highest BCUT2D eigenvalue weighted by atomic mass is 32.2. The van der Waals surface area contributed by atoms with Crippen molar-refractivity contribution in [2.75, 3.05) is 11.4 Å². The highest BCUT2D eigenvalue weighted by Crippen LogP contribution is 2.32. The molecule has 0 radical (unpaired) electrons. The van der Waals surface area contributed by atoms with Crippen LogP contribution in [0.5, 0.6) is 5.75 Å². The summed E-state index contributed by atoms with van der Waals surface area (Å²) in [6.07, 6.45) is 0.728. The molecule has 1 amide bonds. The second kappa shape index (κ2) is 6.76. The van der Waals surface area contributed by atoms with Gasteiger partial charge in [-0.2, -0.15) is 8.42 Å². The Morgan fingerprint density at radius 1 is 1.15 bits per heavy atom. The maximum atomic E-state index is 12.7. The largest absolute Gasteiger partial charge is 0.379 e. The Morgan fingerprint density at radius 2 is 1.88 bits per heavy atom. The minimum atomic E-state index is -3.98. The first-order valence-electron chi connectivity index (χ1n) is 8.64. The molecule has 6 heteroatoms. The molecule has 0 unspecified atom stereocenters. The number of amides is 1. The molecule has 0 N–H and O–H groups in total. The van der Waals surface area contributed by atoms with E-state index in [0.29, 0.717) is 18.0 Å². The van der Waals surface area contributed by atoms with Crippen LogP contribution in [0.4, 0.5) is 5.69 Å². The van der Waals surface area contributed by atoms with Gasteiger partial charge in [0.1, 0.15) is 10.6 Å². The molecule has 2 aromatic carbocycles. The first-order chi connectivity index (χ1) is 12.2. The third-order valence-electron chi connectivity index (χ3n) is 4.57. The van der Waals surface area contributed by atoms with Gasteiger partial charge in [0.15, 0.2) is 0 Å². The van der Waals surface area contributed by atoms with E-state index in [1.807, 2.05) is 26.8 Å². The lowest BCUT2D eigenvalue weighted by atomic mass is 10.0. The van der Waals surface area contributed by atoms with E-state index in [1.54, 1.807) is 23.1 Å². The van der Waals surface area contributed by atoms with Crippen LogP contribution in [-0.2, 0) is 21.3 Å². The fourth-order valence-corrected chi connectivity index (χ4v) is 4.11. The molecule has 0 aliphatic carbocycles. The van der Waals surface area contributed by atoms with Crippen LogP contribution in [0, 0.1) is 6.92 Å². The van der Waals surface area contributed by atoms with Crippen LogP contribution >= 0.6 is 0 Å². The zero-order valence-electron chi connectivity index (χ0n) is 15.4. The van der Waals surface area contributed by atoms with Crippen LogP contribution in [0.2, 0.25) is 0 Å². The van der Waals surface area contributed by atoms with Crippen LogP contribution in [0.15, 0.2) is 41.3 Å². The molecule has 138 valence electrons. The summed E-state index contributed by atoms with van der Waals surface area (Å²) < 4.78 is 30.9. The number of anilines is 1. The zero-order chi connectivity index (χ0) is 19.1. The lowest BCUT2D eigenvalue weighted by Crippen LogP contribution is -2.26. The Morgan fingerprint density at radius 3 is 2.54 bits per heavy atom. The number of fused-ring (bicyclic) bond motifs is 1. The van der Waals surface area contributed by atoms with E-state index in [2.05, 4.69) is 0 Å². The predicted octanol–water partition coefficient (Wildman–Crippen LogP) is 3.80. The number of carbonyl (C=O) groups excluding carboxylic acids is 1. The molecule has 0 saturated heterocycles. The van der Waals surface area contributed by atoms with Gasteiger partial charge in [0.05, 0.1) is 0 Å². The van der Waals surface area contributed by atoms with Crippen molar-refractivity contribution in [1.82, 2.24) is 0 Å². The molecular weight excluding hydrogens is 350 g/mol. The van der Waals surface area contributed by atoms with Crippen LogP contribution in [0.1, 0.15) is 43.4 Å². The molecule has 0 fully saturated rings. The van der Waals surface area contributed by atoms with Crippen molar-refractivity contribution in [3.8, 4) is 5.75 Å².